The van der Waals surface area contributed by atoms with Gasteiger partial charge in [-0.15, -0.1) is 5.10 Å². The molecule has 4 atom stereocenters. The summed E-state index contributed by atoms with van der Waals surface area (Å²) in [5.74, 6) is 0.145. The number of anilines is 2. The number of hydrogen-bond acceptors (Lipinski definition) is 9. The maximum absolute atomic E-state index is 9.92. The first-order chi connectivity index (χ1) is 9.51. The Morgan fingerprint density at radius 3 is 2.65 bits per heavy atom. The van der Waals surface area contributed by atoms with E-state index in [0.29, 0.717) is 5.39 Å². The summed E-state index contributed by atoms with van der Waals surface area (Å²) < 4.78 is 6.63. The zero-order chi connectivity index (χ0) is 14.4. The first-order valence-corrected chi connectivity index (χ1v) is 5.91. The number of hydrogen-bond donors (Lipinski definition) is 5. The van der Waals surface area contributed by atoms with Gasteiger partial charge in [0, 0.05) is 6.20 Å². The molecule has 10 nitrogen and oxygen atoms in total. The van der Waals surface area contributed by atoms with Crippen molar-refractivity contribution < 1.29 is 20.1 Å². The second-order valence-electron chi connectivity index (χ2n) is 4.54. The number of aliphatic hydroxyl groups excluding tert-OH is 3. The zero-order valence-corrected chi connectivity index (χ0v) is 10.3. The third-order valence-electron chi connectivity index (χ3n) is 3.22. The van der Waals surface area contributed by atoms with Crippen LogP contribution in [0.25, 0.3) is 11.0 Å². The number of fused-ring (bicyclic) bond motifs is 1. The Labute approximate surface area is 112 Å². The van der Waals surface area contributed by atoms with E-state index in [9.17, 15) is 10.2 Å². The van der Waals surface area contributed by atoms with Crippen LogP contribution in [0.5, 0.6) is 0 Å². The molecule has 10 heteroatoms. The fourth-order valence-corrected chi connectivity index (χ4v) is 2.19. The lowest BCUT2D eigenvalue weighted by Gasteiger charge is -2.14. The molecule has 3 heterocycles. The van der Waals surface area contributed by atoms with Gasteiger partial charge in [-0.3, -0.25) is 0 Å². The molecule has 1 saturated heterocycles. The van der Waals surface area contributed by atoms with Gasteiger partial charge in [0.2, 0.25) is 5.95 Å². The highest BCUT2D eigenvalue weighted by Crippen LogP contribution is 2.30. The van der Waals surface area contributed by atoms with Crippen molar-refractivity contribution in [2.75, 3.05) is 18.1 Å². The average Bonchev–Trinajstić information content (AvgIpc) is 2.93. The minimum absolute atomic E-state index is 0.0126. The van der Waals surface area contributed by atoms with E-state index in [0.717, 1.165) is 0 Å². The molecule has 0 aromatic carbocycles. The van der Waals surface area contributed by atoms with Gasteiger partial charge in [0.15, 0.2) is 11.9 Å². The number of nitrogen functional groups attached to an aromatic ring is 2. The maximum atomic E-state index is 9.92. The number of ether oxygens (including phenoxy) is 1. The molecule has 0 spiro atoms. The molecule has 1 aliphatic heterocycles. The van der Waals surface area contributed by atoms with Crippen LogP contribution in [0.4, 0.5) is 11.8 Å². The van der Waals surface area contributed by atoms with Crippen molar-refractivity contribution in [2.45, 2.75) is 24.5 Å². The first kappa shape index (κ1) is 13.0. The molecule has 0 radical (unpaired) electrons. The number of nitrogens with two attached hydrogens (primary N) is 2. The standard InChI is InChI=1S/C10H14N6O4/c11-7-3-1-16(15-8(3)14-10(12)13-7)9-6(19)5(18)4(2-17)20-9/h1,4-6,9,17-19H,2H2,(H4,11,12,13,14,15)/t4-,5-,6-,9?/m1/s1. The van der Waals surface area contributed by atoms with Crippen molar-refractivity contribution in [3.05, 3.63) is 6.20 Å². The lowest BCUT2D eigenvalue weighted by molar-refractivity contribution is -0.0583. The Kier molecular flexibility index (Phi) is 2.94. The maximum Gasteiger partial charge on any atom is 0.224 e. The molecule has 7 N–H and O–H groups in total. The molecule has 0 bridgehead atoms. The second-order valence-corrected chi connectivity index (χ2v) is 4.54. The SMILES string of the molecule is Nc1nc(N)c2cn(C3O[C@H](CO)[C@@H](O)[C@H]3O)nc2n1. The normalized spacial score (nSPS) is 30.1. The Morgan fingerprint density at radius 2 is 2.00 bits per heavy atom. The van der Waals surface area contributed by atoms with Crippen molar-refractivity contribution in [3.63, 3.8) is 0 Å². The summed E-state index contributed by atoms with van der Waals surface area (Å²) in [5, 5.41) is 33.2. The quantitative estimate of drug-likeness (QED) is 0.403. The Hall–Kier alpha value is -2.01. The number of aliphatic hydroxyl groups is 3. The molecular formula is C10H14N6O4. The van der Waals surface area contributed by atoms with Gasteiger partial charge in [0.25, 0.3) is 0 Å². The summed E-state index contributed by atoms with van der Waals surface area (Å²) in [4.78, 5) is 7.72. The van der Waals surface area contributed by atoms with Crippen molar-refractivity contribution in [1.29, 1.82) is 0 Å². The van der Waals surface area contributed by atoms with E-state index in [-0.39, 0.29) is 17.4 Å². The summed E-state index contributed by atoms with van der Waals surface area (Å²) >= 11 is 0. The van der Waals surface area contributed by atoms with Crippen molar-refractivity contribution >= 4 is 22.8 Å². The molecule has 2 aromatic rings. The lowest BCUT2D eigenvalue weighted by Crippen LogP contribution is -2.33. The van der Waals surface area contributed by atoms with Crippen molar-refractivity contribution in [2.24, 2.45) is 0 Å². The molecule has 0 amide bonds. The van der Waals surface area contributed by atoms with Gasteiger partial charge in [-0.2, -0.15) is 9.97 Å². The van der Waals surface area contributed by atoms with Crippen LogP contribution in [-0.4, -0.2) is 60.0 Å². The van der Waals surface area contributed by atoms with Gasteiger partial charge in [-0.25, -0.2) is 4.68 Å². The highest BCUT2D eigenvalue weighted by Gasteiger charge is 2.43. The van der Waals surface area contributed by atoms with Crippen LogP contribution in [0.1, 0.15) is 6.23 Å². The van der Waals surface area contributed by atoms with Gasteiger partial charge in [0.05, 0.1) is 12.0 Å². The van der Waals surface area contributed by atoms with E-state index in [1.165, 1.54) is 10.9 Å². The van der Waals surface area contributed by atoms with Crippen LogP contribution in [0.3, 0.4) is 0 Å². The number of rotatable bonds is 2. The van der Waals surface area contributed by atoms with Crippen molar-refractivity contribution in [1.82, 2.24) is 19.7 Å². The molecule has 108 valence electrons. The molecule has 3 rings (SSSR count). The molecule has 0 aliphatic carbocycles. The van der Waals surface area contributed by atoms with Gasteiger partial charge < -0.3 is 31.5 Å². The predicted octanol–water partition coefficient (Wildman–Crippen LogP) is -2.40. The third kappa shape index (κ3) is 1.86. The number of nitrogens with zero attached hydrogens (tertiary/aromatic N) is 4. The van der Waals surface area contributed by atoms with Gasteiger partial charge in [-0.05, 0) is 0 Å². The molecule has 1 unspecified atom stereocenters. The summed E-state index contributed by atoms with van der Waals surface area (Å²) in [7, 11) is 0. The van der Waals surface area contributed by atoms with E-state index >= 15 is 0 Å². The van der Waals surface area contributed by atoms with E-state index in [1.807, 2.05) is 0 Å². The molecule has 1 aliphatic rings. The Bertz CT molecular complexity index is 646. The van der Waals surface area contributed by atoms with Gasteiger partial charge in [-0.1, -0.05) is 0 Å². The largest absolute Gasteiger partial charge is 0.394 e. The highest BCUT2D eigenvalue weighted by molar-refractivity contribution is 5.85. The van der Waals surface area contributed by atoms with Crippen LogP contribution in [-0.2, 0) is 4.74 Å². The molecule has 20 heavy (non-hydrogen) atoms. The van der Waals surface area contributed by atoms with Crippen molar-refractivity contribution in [3.8, 4) is 0 Å². The van der Waals surface area contributed by atoms with Crippen LogP contribution in [0.15, 0.2) is 6.20 Å². The average molecular weight is 282 g/mol. The predicted molar refractivity (Wildman–Crippen MR) is 67.2 cm³/mol. The monoisotopic (exact) mass is 282 g/mol. The van der Waals surface area contributed by atoms with E-state index in [2.05, 4.69) is 15.1 Å². The van der Waals surface area contributed by atoms with Crippen LogP contribution < -0.4 is 11.5 Å². The smallest absolute Gasteiger partial charge is 0.224 e. The third-order valence-corrected chi connectivity index (χ3v) is 3.22. The number of aromatic nitrogens is 4. The second kappa shape index (κ2) is 4.52. The summed E-state index contributed by atoms with van der Waals surface area (Å²) in [5.41, 5.74) is 11.4. The van der Waals surface area contributed by atoms with Crippen LogP contribution in [0.2, 0.25) is 0 Å². The topological polar surface area (TPSA) is 166 Å². The summed E-state index contributed by atoms with van der Waals surface area (Å²) in [6.07, 6.45) is -2.77. The van der Waals surface area contributed by atoms with Crippen LogP contribution >= 0.6 is 0 Å². The van der Waals surface area contributed by atoms with E-state index in [1.54, 1.807) is 0 Å². The summed E-state index contributed by atoms with van der Waals surface area (Å²) in [6, 6.07) is 0. The first-order valence-electron chi connectivity index (χ1n) is 5.91. The van der Waals surface area contributed by atoms with E-state index < -0.39 is 31.1 Å². The van der Waals surface area contributed by atoms with Crippen LogP contribution in [0, 0.1) is 0 Å². The minimum atomic E-state index is -1.23. The highest BCUT2D eigenvalue weighted by atomic mass is 16.6. The fourth-order valence-electron chi connectivity index (χ4n) is 2.19. The van der Waals surface area contributed by atoms with E-state index in [4.69, 9.17) is 21.3 Å². The van der Waals surface area contributed by atoms with Gasteiger partial charge >= 0.3 is 0 Å². The lowest BCUT2D eigenvalue weighted by atomic mass is 10.1. The molecule has 2 aromatic heterocycles. The van der Waals surface area contributed by atoms with Gasteiger partial charge in [0.1, 0.15) is 24.1 Å². The Morgan fingerprint density at radius 1 is 1.25 bits per heavy atom. The zero-order valence-electron chi connectivity index (χ0n) is 10.3. The summed E-state index contributed by atoms with van der Waals surface area (Å²) in [6.45, 7) is -0.412. The minimum Gasteiger partial charge on any atom is -0.394 e. The molecule has 0 saturated carbocycles. The molecular weight excluding hydrogens is 268 g/mol. The Balaban J connectivity index is 2.01. The fraction of sp³-hybridized carbons (Fsp3) is 0.500. The molecule has 1 fully saturated rings.